The van der Waals surface area contributed by atoms with E-state index in [0.717, 1.165) is 24.6 Å². The standard InChI is InChI=1S/C9H11N5/c1-3-11-14-4-2-8(13-9(1)14)12-7-5-10-6-7/h1-4,7,10H,5-6H2,(H,12,13). The average Bonchev–Trinajstić information content (AvgIpc) is 2.58. The maximum absolute atomic E-state index is 4.42. The molecule has 0 saturated carbocycles. The van der Waals surface area contributed by atoms with Gasteiger partial charge in [-0.05, 0) is 6.07 Å². The lowest BCUT2D eigenvalue weighted by atomic mass is 10.2. The SMILES string of the molecule is c1cc2nc(NC3CNC3)ccn2n1. The number of fused-ring (bicyclic) bond motifs is 1. The maximum atomic E-state index is 4.42. The zero-order valence-corrected chi connectivity index (χ0v) is 7.64. The number of rotatable bonds is 2. The lowest BCUT2D eigenvalue weighted by Gasteiger charge is -2.28. The van der Waals surface area contributed by atoms with Crippen LogP contribution in [0.3, 0.4) is 0 Å². The lowest BCUT2D eigenvalue weighted by Crippen LogP contribution is -2.51. The topological polar surface area (TPSA) is 54.2 Å². The van der Waals surface area contributed by atoms with Crippen LogP contribution in [0.25, 0.3) is 5.65 Å². The van der Waals surface area contributed by atoms with Crippen LogP contribution in [0.1, 0.15) is 0 Å². The first-order valence-corrected chi connectivity index (χ1v) is 4.69. The fraction of sp³-hybridized carbons (Fsp3) is 0.333. The van der Waals surface area contributed by atoms with Crippen LogP contribution in [0.5, 0.6) is 0 Å². The maximum Gasteiger partial charge on any atom is 0.157 e. The van der Waals surface area contributed by atoms with Crippen LogP contribution in [-0.2, 0) is 0 Å². The number of anilines is 1. The van der Waals surface area contributed by atoms with Crippen molar-refractivity contribution < 1.29 is 0 Å². The third-order valence-electron chi connectivity index (χ3n) is 2.39. The van der Waals surface area contributed by atoms with E-state index in [4.69, 9.17) is 0 Å². The van der Waals surface area contributed by atoms with E-state index >= 15 is 0 Å². The van der Waals surface area contributed by atoms with Crippen molar-refractivity contribution in [3.05, 3.63) is 24.5 Å². The fourth-order valence-corrected chi connectivity index (χ4v) is 1.49. The summed E-state index contributed by atoms with van der Waals surface area (Å²) in [7, 11) is 0. The Bertz CT molecular complexity index is 445. The Kier molecular flexibility index (Phi) is 1.63. The molecule has 3 rings (SSSR count). The third kappa shape index (κ3) is 1.22. The molecule has 2 N–H and O–H groups in total. The molecule has 1 aliphatic rings. The van der Waals surface area contributed by atoms with Crippen molar-refractivity contribution in [3.8, 4) is 0 Å². The van der Waals surface area contributed by atoms with Crippen LogP contribution in [-0.4, -0.2) is 33.7 Å². The molecular weight excluding hydrogens is 178 g/mol. The highest BCUT2D eigenvalue weighted by atomic mass is 15.2. The van der Waals surface area contributed by atoms with Gasteiger partial charge >= 0.3 is 0 Å². The van der Waals surface area contributed by atoms with Crippen LogP contribution >= 0.6 is 0 Å². The molecule has 5 heteroatoms. The molecule has 1 saturated heterocycles. The van der Waals surface area contributed by atoms with Crippen molar-refractivity contribution in [2.24, 2.45) is 0 Å². The molecule has 0 bridgehead atoms. The normalized spacial score (nSPS) is 16.9. The number of hydrogen-bond acceptors (Lipinski definition) is 4. The predicted molar refractivity (Wildman–Crippen MR) is 53.3 cm³/mol. The minimum Gasteiger partial charge on any atom is -0.365 e. The van der Waals surface area contributed by atoms with Crippen molar-refractivity contribution in [1.82, 2.24) is 19.9 Å². The van der Waals surface area contributed by atoms with E-state index in [1.807, 2.05) is 18.3 Å². The second-order valence-electron chi connectivity index (χ2n) is 3.45. The summed E-state index contributed by atoms with van der Waals surface area (Å²) < 4.78 is 1.75. The first-order valence-electron chi connectivity index (χ1n) is 4.69. The van der Waals surface area contributed by atoms with Crippen molar-refractivity contribution in [2.75, 3.05) is 18.4 Å². The predicted octanol–water partition coefficient (Wildman–Crippen LogP) is 0.113. The van der Waals surface area contributed by atoms with Gasteiger partial charge in [0.2, 0.25) is 0 Å². The van der Waals surface area contributed by atoms with Crippen molar-refractivity contribution in [3.63, 3.8) is 0 Å². The minimum absolute atomic E-state index is 0.521. The summed E-state index contributed by atoms with van der Waals surface area (Å²) in [6.45, 7) is 2.04. The quantitative estimate of drug-likeness (QED) is 0.704. The summed E-state index contributed by atoms with van der Waals surface area (Å²) in [6, 6.07) is 4.36. The first-order chi connectivity index (χ1) is 6.92. The molecule has 3 heterocycles. The Morgan fingerprint density at radius 1 is 1.43 bits per heavy atom. The molecule has 0 unspecified atom stereocenters. The number of hydrogen-bond donors (Lipinski definition) is 2. The van der Waals surface area contributed by atoms with Gasteiger partial charge in [0.25, 0.3) is 0 Å². The van der Waals surface area contributed by atoms with Gasteiger partial charge in [-0.3, -0.25) is 0 Å². The van der Waals surface area contributed by atoms with E-state index in [-0.39, 0.29) is 0 Å². The molecule has 5 nitrogen and oxygen atoms in total. The van der Waals surface area contributed by atoms with E-state index in [1.54, 1.807) is 10.7 Å². The highest BCUT2D eigenvalue weighted by Crippen LogP contribution is 2.08. The lowest BCUT2D eigenvalue weighted by molar-refractivity contribution is 0.471. The summed E-state index contributed by atoms with van der Waals surface area (Å²) in [5.74, 6) is 0.921. The number of nitrogens with one attached hydrogen (secondary N) is 2. The van der Waals surface area contributed by atoms with Crippen molar-refractivity contribution in [2.45, 2.75) is 6.04 Å². The summed E-state index contributed by atoms with van der Waals surface area (Å²) in [6.07, 6.45) is 3.66. The van der Waals surface area contributed by atoms with E-state index < -0.39 is 0 Å². The molecule has 14 heavy (non-hydrogen) atoms. The molecule has 0 aromatic carbocycles. The molecular formula is C9H11N5. The monoisotopic (exact) mass is 189 g/mol. The average molecular weight is 189 g/mol. The van der Waals surface area contributed by atoms with Crippen LogP contribution in [0.4, 0.5) is 5.82 Å². The summed E-state index contributed by atoms with van der Waals surface area (Å²) in [5, 5.41) is 10.6. The van der Waals surface area contributed by atoms with Gasteiger partial charge in [-0.1, -0.05) is 0 Å². The van der Waals surface area contributed by atoms with Crippen molar-refractivity contribution >= 4 is 11.5 Å². The smallest absolute Gasteiger partial charge is 0.157 e. The van der Waals surface area contributed by atoms with Crippen molar-refractivity contribution in [1.29, 1.82) is 0 Å². The zero-order valence-electron chi connectivity index (χ0n) is 7.64. The Morgan fingerprint density at radius 2 is 2.36 bits per heavy atom. The molecule has 1 aliphatic heterocycles. The van der Waals surface area contributed by atoms with Gasteiger partial charge in [0, 0.05) is 25.4 Å². The van der Waals surface area contributed by atoms with Gasteiger partial charge in [0.15, 0.2) is 5.65 Å². The first kappa shape index (κ1) is 7.75. The Hall–Kier alpha value is -1.62. The Labute approximate surface area is 81.1 Å². The highest BCUT2D eigenvalue weighted by molar-refractivity contribution is 5.46. The van der Waals surface area contributed by atoms with Crippen LogP contribution < -0.4 is 10.6 Å². The fourth-order valence-electron chi connectivity index (χ4n) is 1.49. The molecule has 0 amide bonds. The van der Waals surface area contributed by atoms with Gasteiger partial charge in [-0.25, -0.2) is 9.50 Å². The van der Waals surface area contributed by atoms with Crippen LogP contribution in [0, 0.1) is 0 Å². The summed E-state index contributed by atoms with van der Waals surface area (Å²) >= 11 is 0. The minimum atomic E-state index is 0.521. The van der Waals surface area contributed by atoms with Gasteiger partial charge in [0.1, 0.15) is 5.82 Å². The molecule has 0 spiro atoms. The zero-order chi connectivity index (χ0) is 9.38. The van der Waals surface area contributed by atoms with E-state index in [2.05, 4.69) is 20.7 Å². The summed E-state index contributed by atoms with van der Waals surface area (Å²) in [4.78, 5) is 4.42. The van der Waals surface area contributed by atoms with E-state index in [9.17, 15) is 0 Å². The third-order valence-corrected chi connectivity index (χ3v) is 2.39. The molecule has 2 aromatic rings. The highest BCUT2D eigenvalue weighted by Gasteiger charge is 2.16. The molecule has 0 aliphatic carbocycles. The van der Waals surface area contributed by atoms with E-state index in [1.165, 1.54) is 0 Å². The number of aromatic nitrogens is 3. The largest absolute Gasteiger partial charge is 0.365 e. The van der Waals surface area contributed by atoms with Crippen LogP contribution in [0.2, 0.25) is 0 Å². The molecule has 0 radical (unpaired) electrons. The van der Waals surface area contributed by atoms with E-state index in [0.29, 0.717) is 6.04 Å². The van der Waals surface area contributed by atoms with Gasteiger partial charge in [0.05, 0.1) is 12.2 Å². The second kappa shape index (κ2) is 2.95. The van der Waals surface area contributed by atoms with Gasteiger partial charge in [-0.15, -0.1) is 0 Å². The number of nitrogens with zero attached hydrogens (tertiary/aromatic N) is 3. The molecule has 72 valence electrons. The molecule has 0 atom stereocenters. The Morgan fingerprint density at radius 3 is 3.14 bits per heavy atom. The molecule has 2 aromatic heterocycles. The molecule has 1 fully saturated rings. The van der Waals surface area contributed by atoms with Crippen LogP contribution in [0.15, 0.2) is 24.5 Å². The Balaban J connectivity index is 1.88. The second-order valence-corrected chi connectivity index (χ2v) is 3.45. The van der Waals surface area contributed by atoms with Gasteiger partial charge < -0.3 is 10.6 Å². The summed E-state index contributed by atoms with van der Waals surface area (Å²) in [5.41, 5.74) is 0.877. The van der Waals surface area contributed by atoms with Gasteiger partial charge in [-0.2, -0.15) is 5.10 Å².